The van der Waals surface area contributed by atoms with Crippen molar-refractivity contribution in [2.45, 2.75) is 0 Å². The third-order valence-corrected chi connectivity index (χ3v) is 0.258. The molecule has 0 atom stereocenters. The summed E-state index contributed by atoms with van der Waals surface area (Å²) in [6, 6.07) is 0. The Labute approximate surface area is 46.4 Å². The summed E-state index contributed by atoms with van der Waals surface area (Å²) in [7, 11) is 1.54. The molecule has 0 aliphatic carbocycles. The van der Waals surface area contributed by atoms with E-state index in [-0.39, 0.29) is 12.1 Å². The lowest BCUT2D eigenvalue weighted by Gasteiger charge is -1.77. The topological polar surface area (TPSA) is 98.5 Å². The summed E-state index contributed by atoms with van der Waals surface area (Å²) in [5.41, 5.74) is 9.64. The van der Waals surface area contributed by atoms with E-state index < -0.39 is 0 Å². The molecule has 0 fully saturated rings. The molecule has 8 heavy (non-hydrogen) atoms. The number of nitrogens with zero attached hydrogens (tertiary/aromatic N) is 1. The van der Waals surface area contributed by atoms with Gasteiger partial charge in [-0.15, -0.1) is 0 Å². The minimum absolute atomic E-state index is 0.130. The molecule has 0 rings (SSSR count). The Morgan fingerprint density at radius 2 is 1.62 bits per heavy atom. The summed E-state index contributed by atoms with van der Waals surface area (Å²) in [6.45, 7) is 0. The van der Waals surface area contributed by atoms with Crippen LogP contribution < -0.4 is 11.5 Å². The van der Waals surface area contributed by atoms with Crippen LogP contribution in [0.15, 0.2) is 4.99 Å². The maximum atomic E-state index is 8.12. The first-order chi connectivity index (χ1) is 3.68. The van der Waals surface area contributed by atoms with E-state index in [1.807, 2.05) is 0 Å². The predicted molar refractivity (Wildman–Crippen MR) is 26.7 cm³/mol. The molecule has 0 aliphatic rings. The predicted octanol–water partition coefficient (Wildman–Crippen LogP) is -1.69. The fourth-order valence-electron chi connectivity index (χ4n) is 0. The first-order valence-corrected chi connectivity index (χ1v) is 1.66. The van der Waals surface area contributed by atoms with Gasteiger partial charge in [-0.05, 0) is 0 Å². The van der Waals surface area contributed by atoms with Crippen LogP contribution in [0.5, 0.6) is 0 Å². The molecule has 0 aromatic carbocycles. The van der Waals surface area contributed by atoms with Gasteiger partial charge in [0, 0.05) is 7.05 Å². The first-order valence-electron chi connectivity index (χ1n) is 1.66. The number of hydrogen-bond acceptors (Lipinski definition) is 3. The highest BCUT2D eigenvalue weighted by Gasteiger charge is 1.61. The van der Waals surface area contributed by atoms with E-state index in [9.17, 15) is 0 Å². The van der Waals surface area contributed by atoms with Crippen LogP contribution in [0.25, 0.3) is 0 Å². The molecule has 0 amide bonds. The van der Waals surface area contributed by atoms with Crippen LogP contribution in [0.3, 0.4) is 0 Å². The van der Waals surface area contributed by atoms with Crippen molar-refractivity contribution in [3.8, 4) is 0 Å². The molecule has 4 N–H and O–H groups in total. The maximum absolute atomic E-state index is 8.12. The minimum atomic E-state index is 0.130. The van der Waals surface area contributed by atoms with Crippen LogP contribution in [-0.4, -0.2) is 19.2 Å². The monoisotopic (exact) mass is 117 g/mol. The van der Waals surface area contributed by atoms with Crippen LogP contribution >= 0.6 is 0 Å². The molecule has 5 nitrogen and oxygen atoms in total. The summed E-state index contributed by atoms with van der Waals surface area (Å²) < 4.78 is 0. The van der Waals surface area contributed by atoms with Gasteiger partial charge in [0.1, 0.15) is 0 Å². The van der Waals surface area contributed by atoms with Gasteiger partial charge in [0.05, 0.1) is 0 Å². The molecule has 5 heteroatoms. The first kappa shape index (κ1) is 9.82. The fraction of sp³-hybridized carbons (Fsp3) is 0.333. The smallest absolute Gasteiger partial charge is 0.370 e. The van der Waals surface area contributed by atoms with Crippen molar-refractivity contribution < 1.29 is 9.59 Å². The van der Waals surface area contributed by atoms with Crippen molar-refractivity contribution in [3.63, 3.8) is 0 Å². The van der Waals surface area contributed by atoms with Crippen molar-refractivity contribution in [2.75, 3.05) is 7.05 Å². The third-order valence-electron chi connectivity index (χ3n) is 0.258. The Bertz CT molecular complexity index is 99.1. The fourth-order valence-corrected chi connectivity index (χ4v) is 0. The van der Waals surface area contributed by atoms with Crippen LogP contribution in [-0.2, 0) is 9.59 Å². The van der Waals surface area contributed by atoms with Gasteiger partial charge in [0.2, 0.25) is 0 Å². The van der Waals surface area contributed by atoms with E-state index in [0.29, 0.717) is 0 Å². The number of hydrogen-bond donors (Lipinski definition) is 2. The Kier molecular flexibility index (Phi) is 11.3. The van der Waals surface area contributed by atoms with E-state index in [1.165, 1.54) is 7.05 Å². The second-order valence-electron chi connectivity index (χ2n) is 0.732. The van der Waals surface area contributed by atoms with Gasteiger partial charge in [0.25, 0.3) is 0 Å². The molecule has 0 bridgehead atoms. The Hall–Kier alpha value is -1.35. The molecule has 46 valence electrons. The Balaban J connectivity index is 0. The molecular formula is C3H7N3O2. The average molecular weight is 117 g/mol. The van der Waals surface area contributed by atoms with Gasteiger partial charge in [-0.25, -0.2) is 0 Å². The van der Waals surface area contributed by atoms with Crippen LogP contribution in [0, 0.1) is 0 Å². The van der Waals surface area contributed by atoms with E-state index in [0.717, 1.165) is 0 Å². The highest BCUT2D eigenvalue weighted by atomic mass is 16.2. The zero-order chi connectivity index (χ0) is 6.99. The number of nitrogens with two attached hydrogens (primary N) is 2. The lowest BCUT2D eigenvalue weighted by Crippen LogP contribution is -2.21. The van der Waals surface area contributed by atoms with Crippen molar-refractivity contribution >= 4 is 12.1 Å². The largest absolute Gasteiger partial charge is 0.373 e. The number of rotatable bonds is 0. The summed E-state index contributed by atoms with van der Waals surface area (Å²) >= 11 is 0. The molecular weight excluding hydrogens is 110 g/mol. The lowest BCUT2D eigenvalue weighted by molar-refractivity contribution is -0.191. The summed E-state index contributed by atoms with van der Waals surface area (Å²) in [5, 5.41) is 0. The van der Waals surface area contributed by atoms with Crippen LogP contribution in [0.2, 0.25) is 0 Å². The van der Waals surface area contributed by atoms with Gasteiger partial charge in [-0.1, -0.05) is 0 Å². The second-order valence-corrected chi connectivity index (χ2v) is 0.732. The maximum Gasteiger partial charge on any atom is 0.373 e. The van der Waals surface area contributed by atoms with Crippen molar-refractivity contribution in [1.82, 2.24) is 0 Å². The molecule has 0 aliphatic heterocycles. The number of carbonyl (C=O) groups excluding carboxylic acids is 2. The SMILES string of the molecule is CN=C(N)N.O=C=O. The molecule has 0 saturated carbocycles. The molecule has 0 spiro atoms. The third kappa shape index (κ3) is 147. The normalized spacial score (nSPS) is 5.12. The highest BCUT2D eigenvalue weighted by molar-refractivity contribution is 5.75. The molecule has 0 aromatic heterocycles. The minimum Gasteiger partial charge on any atom is -0.370 e. The molecule has 0 radical (unpaired) electrons. The van der Waals surface area contributed by atoms with E-state index in [2.05, 4.69) is 4.99 Å². The quantitative estimate of drug-likeness (QED) is 0.292. The zero-order valence-electron chi connectivity index (χ0n) is 4.42. The summed E-state index contributed by atoms with van der Waals surface area (Å²) in [4.78, 5) is 19.6. The number of aliphatic imine (C=N–C) groups is 1. The zero-order valence-corrected chi connectivity index (χ0v) is 4.42. The van der Waals surface area contributed by atoms with E-state index in [4.69, 9.17) is 21.1 Å². The Morgan fingerprint density at radius 1 is 1.50 bits per heavy atom. The van der Waals surface area contributed by atoms with Crippen LogP contribution in [0.4, 0.5) is 0 Å². The molecule has 0 heterocycles. The molecule has 0 saturated heterocycles. The summed E-state index contributed by atoms with van der Waals surface area (Å²) in [5.74, 6) is 0.130. The van der Waals surface area contributed by atoms with Crippen molar-refractivity contribution in [3.05, 3.63) is 0 Å². The van der Waals surface area contributed by atoms with Crippen LogP contribution in [0.1, 0.15) is 0 Å². The van der Waals surface area contributed by atoms with E-state index >= 15 is 0 Å². The lowest BCUT2D eigenvalue weighted by atomic mass is 11.1. The highest BCUT2D eigenvalue weighted by Crippen LogP contribution is 1.40. The molecule has 0 unspecified atom stereocenters. The number of guanidine groups is 1. The van der Waals surface area contributed by atoms with Gasteiger partial charge in [0.15, 0.2) is 5.96 Å². The van der Waals surface area contributed by atoms with Gasteiger partial charge in [-0.3, -0.25) is 4.99 Å². The van der Waals surface area contributed by atoms with E-state index in [1.54, 1.807) is 0 Å². The standard InChI is InChI=1S/C2H7N3.CO2/c1-5-2(3)4;2-1-3/h1H3,(H4,3,4,5);. The summed E-state index contributed by atoms with van der Waals surface area (Å²) in [6.07, 6.45) is 0.250. The van der Waals surface area contributed by atoms with Gasteiger partial charge in [-0.2, -0.15) is 9.59 Å². The molecule has 0 aromatic rings. The van der Waals surface area contributed by atoms with Gasteiger partial charge < -0.3 is 11.5 Å². The second kappa shape index (κ2) is 9.17. The van der Waals surface area contributed by atoms with Crippen molar-refractivity contribution in [2.24, 2.45) is 16.5 Å². The van der Waals surface area contributed by atoms with Crippen molar-refractivity contribution in [1.29, 1.82) is 0 Å². The van der Waals surface area contributed by atoms with Gasteiger partial charge >= 0.3 is 6.15 Å². The Morgan fingerprint density at radius 3 is 1.62 bits per heavy atom. The average Bonchev–Trinajstić information content (AvgIpc) is 1.69.